The molecular weight excluding hydrogens is 528 g/mol. The molecule has 3 aromatic heterocycles. The number of hydrogen-bond acceptors (Lipinski definition) is 6. The molecule has 40 heavy (non-hydrogen) atoms. The fourth-order valence-electron chi connectivity index (χ4n) is 5.18. The zero-order chi connectivity index (χ0) is 28.8. The van der Waals surface area contributed by atoms with E-state index in [-0.39, 0.29) is 5.41 Å². The predicted molar refractivity (Wildman–Crippen MR) is 156 cm³/mol. The highest BCUT2D eigenvalue weighted by Gasteiger charge is 2.36. The van der Waals surface area contributed by atoms with E-state index in [0.717, 1.165) is 37.1 Å². The number of benzene rings is 1. The van der Waals surface area contributed by atoms with Gasteiger partial charge in [-0.25, -0.2) is 14.5 Å². The number of aryl methyl sites for hydroxylation is 1. The Bertz CT molecular complexity index is 1530. The number of rotatable bonds is 7. The van der Waals surface area contributed by atoms with Crippen molar-refractivity contribution < 1.29 is 14.6 Å². The number of fused-ring (bicyclic) bond motifs is 1. The number of hydrogen-bond donors (Lipinski definition) is 1. The first kappa shape index (κ1) is 28.1. The van der Waals surface area contributed by atoms with Gasteiger partial charge in [0.25, 0.3) is 0 Å². The fourth-order valence-corrected chi connectivity index (χ4v) is 5.37. The smallest absolute Gasteiger partial charge is 0.337 e. The third kappa shape index (κ3) is 5.86. The van der Waals surface area contributed by atoms with Gasteiger partial charge in [0, 0.05) is 43.0 Å². The van der Waals surface area contributed by atoms with Crippen LogP contribution >= 0.6 is 11.6 Å². The number of aromatic nitrogens is 5. The molecule has 1 atom stereocenters. The minimum Gasteiger partial charge on any atom is -0.479 e. The van der Waals surface area contributed by atoms with E-state index in [1.807, 2.05) is 58.2 Å². The molecule has 0 amide bonds. The topological polar surface area (TPSA) is 97.8 Å². The molecule has 1 fully saturated rings. The van der Waals surface area contributed by atoms with Gasteiger partial charge in [0.05, 0.1) is 11.2 Å². The lowest BCUT2D eigenvalue weighted by Crippen LogP contribution is -2.40. The summed E-state index contributed by atoms with van der Waals surface area (Å²) in [6.07, 6.45) is 3.27. The largest absolute Gasteiger partial charge is 0.479 e. The second-order valence-corrected chi connectivity index (χ2v) is 12.7. The number of halogens is 1. The van der Waals surface area contributed by atoms with Gasteiger partial charge in [-0.15, -0.1) is 5.10 Å². The molecule has 212 valence electrons. The van der Waals surface area contributed by atoms with Crippen molar-refractivity contribution in [1.29, 1.82) is 0 Å². The van der Waals surface area contributed by atoms with Gasteiger partial charge in [0.2, 0.25) is 0 Å². The van der Waals surface area contributed by atoms with Crippen LogP contribution in [0.2, 0.25) is 5.15 Å². The van der Waals surface area contributed by atoms with E-state index in [1.54, 1.807) is 9.20 Å². The summed E-state index contributed by atoms with van der Waals surface area (Å²) < 4.78 is 9.51. The van der Waals surface area contributed by atoms with Crippen LogP contribution in [0.3, 0.4) is 0 Å². The van der Waals surface area contributed by atoms with Crippen molar-refractivity contribution in [1.82, 2.24) is 24.4 Å². The molecule has 9 nitrogen and oxygen atoms in total. The van der Waals surface area contributed by atoms with E-state index in [4.69, 9.17) is 26.4 Å². The average molecular weight is 565 g/mol. The van der Waals surface area contributed by atoms with Crippen LogP contribution in [0, 0.1) is 12.3 Å². The molecule has 1 saturated heterocycles. The molecule has 0 spiro atoms. The molecule has 0 unspecified atom stereocenters. The Balaban J connectivity index is 1.63. The predicted octanol–water partition coefficient (Wildman–Crippen LogP) is 6.03. The molecule has 0 aliphatic carbocycles. The fraction of sp³-hybridized carbons (Fsp3) is 0.467. The number of carboxylic acid groups (broad SMARTS) is 1. The van der Waals surface area contributed by atoms with Crippen molar-refractivity contribution >= 4 is 29.0 Å². The monoisotopic (exact) mass is 564 g/mol. The van der Waals surface area contributed by atoms with Gasteiger partial charge in [-0.1, -0.05) is 55.8 Å². The third-order valence-electron chi connectivity index (χ3n) is 7.38. The summed E-state index contributed by atoms with van der Waals surface area (Å²) in [5, 5.41) is 20.1. The Morgan fingerprint density at radius 1 is 1.15 bits per heavy atom. The van der Waals surface area contributed by atoms with E-state index in [0.29, 0.717) is 40.1 Å². The standard InChI is InChI=1S/C30H37ClN6O3/c1-19-24(25(28(38)39)40-29(2,3)4)27(35-14-12-30(5,6)13-15-35)37-22(32-19)17-23(33-37)36-18-21(26(31)34-36)16-20-10-8-7-9-11-20/h7-11,17-18,25H,12-16H2,1-6H3,(H,38,39)/t25-/m0/s1. The van der Waals surface area contributed by atoms with Crippen molar-refractivity contribution in [3.63, 3.8) is 0 Å². The van der Waals surface area contributed by atoms with Crippen LogP contribution in [0.15, 0.2) is 42.6 Å². The molecule has 4 aromatic rings. The highest BCUT2D eigenvalue weighted by molar-refractivity contribution is 6.30. The Labute approximate surface area is 239 Å². The minimum absolute atomic E-state index is 0.211. The van der Waals surface area contributed by atoms with Gasteiger partial charge in [0.15, 0.2) is 22.7 Å². The van der Waals surface area contributed by atoms with Gasteiger partial charge < -0.3 is 14.7 Å². The molecule has 1 aliphatic heterocycles. The Morgan fingerprint density at radius 2 is 1.82 bits per heavy atom. The van der Waals surface area contributed by atoms with E-state index < -0.39 is 17.7 Å². The van der Waals surface area contributed by atoms with Crippen LogP contribution in [-0.4, -0.2) is 54.1 Å². The maximum Gasteiger partial charge on any atom is 0.337 e. The lowest BCUT2D eigenvalue weighted by atomic mass is 9.82. The molecule has 5 rings (SSSR count). The molecule has 1 aromatic carbocycles. The first-order valence-corrected chi connectivity index (χ1v) is 14.0. The zero-order valence-corrected chi connectivity index (χ0v) is 24.7. The number of carbonyl (C=O) groups is 1. The average Bonchev–Trinajstić information content (AvgIpc) is 3.45. The lowest BCUT2D eigenvalue weighted by molar-refractivity contribution is -0.160. The zero-order valence-electron chi connectivity index (χ0n) is 24.0. The van der Waals surface area contributed by atoms with Crippen LogP contribution in [-0.2, 0) is 16.0 Å². The van der Waals surface area contributed by atoms with Crippen molar-refractivity contribution in [2.45, 2.75) is 72.5 Å². The summed E-state index contributed by atoms with van der Waals surface area (Å²) >= 11 is 6.54. The number of piperidine rings is 1. The van der Waals surface area contributed by atoms with Crippen molar-refractivity contribution in [3.05, 3.63) is 70.1 Å². The third-order valence-corrected chi connectivity index (χ3v) is 7.69. The van der Waals surface area contributed by atoms with Crippen molar-refractivity contribution in [3.8, 4) is 5.82 Å². The molecular formula is C30H37ClN6O3. The van der Waals surface area contributed by atoms with E-state index in [2.05, 4.69) is 36.0 Å². The Kier molecular flexibility index (Phi) is 7.39. The van der Waals surface area contributed by atoms with Gasteiger partial charge in [-0.2, -0.15) is 9.61 Å². The second-order valence-electron chi connectivity index (χ2n) is 12.4. The number of nitrogens with zero attached hydrogens (tertiary/aromatic N) is 6. The number of carboxylic acids is 1. The Hall–Kier alpha value is -3.43. The first-order valence-electron chi connectivity index (χ1n) is 13.7. The molecule has 0 saturated carbocycles. The summed E-state index contributed by atoms with van der Waals surface area (Å²) in [6, 6.07) is 11.9. The number of ether oxygens (including phenoxy) is 1. The van der Waals surface area contributed by atoms with E-state index in [9.17, 15) is 9.90 Å². The summed E-state index contributed by atoms with van der Waals surface area (Å²) in [6.45, 7) is 13.5. The van der Waals surface area contributed by atoms with Gasteiger partial charge in [-0.3, -0.25) is 0 Å². The van der Waals surface area contributed by atoms with Crippen LogP contribution in [0.4, 0.5) is 5.82 Å². The number of anilines is 1. The van der Waals surface area contributed by atoms with Crippen molar-refractivity contribution in [2.75, 3.05) is 18.0 Å². The molecule has 4 heterocycles. The summed E-state index contributed by atoms with van der Waals surface area (Å²) in [4.78, 5) is 19.6. The molecule has 1 N–H and O–H groups in total. The van der Waals surface area contributed by atoms with Crippen molar-refractivity contribution in [2.24, 2.45) is 5.41 Å². The SMILES string of the molecule is Cc1nc2cc(-n3cc(Cc4ccccc4)c(Cl)n3)nn2c(N2CCC(C)(C)CC2)c1[C@H](OC(C)(C)C)C(=O)O. The highest BCUT2D eigenvalue weighted by atomic mass is 35.5. The summed E-state index contributed by atoms with van der Waals surface area (Å²) in [7, 11) is 0. The van der Waals surface area contributed by atoms with Crippen LogP contribution in [0.25, 0.3) is 11.5 Å². The molecule has 0 radical (unpaired) electrons. The maximum atomic E-state index is 12.6. The van der Waals surface area contributed by atoms with Gasteiger partial charge in [-0.05, 0) is 51.5 Å². The van der Waals surface area contributed by atoms with Gasteiger partial charge >= 0.3 is 5.97 Å². The molecule has 0 bridgehead atoms. The van der Waals surface area contributed by atoms with Crippen LogP contribution < -0.4 is 4.90 Å². The molecule has 10 heteroatoms. The summed E-state index contributed by atoms with van der Waals surface area (Å²) in [5.74, 6) is 0.186. The first-order chi connectivity index (χ1) is 18.8. The lowest BCUT2D eigenvalue weighted by Gasteiger charge is -2.39. The second kappa shape index (κ2) is 10.5. The van der Waals surface area contributed by atoms with E-state index in [1.165, 1.54) is 0 Å². The normalized spacial score (nSPS) is 16.4. The van der Waals surface area contributed by atoms with Crippen LogP contribution in [0.5, 0.6) is 0 Å². The summed E-state index contributed by atoms with van der Waals surface area (Å²) in [5.41, 5.74) is 3.27. The Morgan fingerprint density at radius 3 is 2.45 bits per heavy atom. The van der Waals surface area contributed by atoms with E-state index >= 15 is 0 Å². The van der Waals surface area contributed by atoms with Crippen LogP contribution in [0.1, 0.15) is 75.9 Å². The minimum atomic E-state index is -1.20. The maximum absolute atomic E-state index is 12.6. The molecule has 1 aliphatic rings. The quantitative estimate of drug-likeness (QED) is 0.292. The van der Waals surface area contributed by atoms with Gasteiger partial charge in [0.1, 0.15) is 5.82 Å². The number of aliphatic carboxylic acids is 1. The highest BCUT2D eigenvalue weighted by Crippen LogP contribution is 2.39.